The molecule has 36 heavy (non-hydrogen) atoms. The van der Waals surface area contributed by atoms with Crippen LogP contribution < -0.4 is 15.5 Å². The molecule has 3 fully saturated rings. The number of hydrogen-bond donors (Lipinski definition) is 1. The van der Waals surface area contributed by atoms with Gasteiger partial charge in [0, 0.05) is 24.3 Å². The first-order valence-corrected chi connectivity index (χ1v) is 11.1. The minimum absolute atomic E-state index is 0.208. The molecule has 3 saturated heterocycles. The van der Waals surface area contributed by atoms with Crippen molar-refractivity contribution in [2.75, 3.05) is 22.9 Å². The van der Waals surface area contributed by atoms with Crippen LogP contribution in [0.3, 0.4) is 0 Å². The van der Waals surface area contributed by atoms with E-state index in [4.69, 9.17) is 15.7 Å². The number of nitriles is 1. The second-order valence-corrected chi connectivity index (χ2v) is 9.80. The third-order valence-electron chi connectivity index (χ3n) is 7.28. The number of hydrogen-bond acceptors (Lipinski definition) is 6. The van der Waals surface area contributed by atoms with Crippen LogP contribution in [0.5, 0.6) is 0 Å². The lowest BCUT2D eigenvalue weighted by Crippen LogP contribution is -2.58. The van der Waals surface area contributed by atoms with Crippen LogP contribution in [0.25, 0.3) is 0 Å². The molecule has 3 aliphatic heterocycles. The number of carbonyl (C=O) groups is 3. The molecule has 3 amide bonds. The van der Waals surface area contributed by atoms with Gasteiger partial charge in [0.25, 0.3) is 0 Å². The van der Waals surface area contributed by atoms with Crippen LogP contribution in [-0.4, -0.2) is 42.0 Å². The number of carbonyl (C=O) groups excluding carboxylic acids is 3. The van der Waals surface area contributed by atoms with Crippen LogP contribution >= 0.6 is 0 Å². The Balaban J connectivity index is 1.52. The van der Waals surface area contributed by atoms with E-state index in [0.717, 1.165) is 11.0 Å². The molecule has 4 unspecified atom stereocenters. The van der Waals surface area contributed by atoms with Gasteiger partial charge in [-0.1, -0.05) is 6.07 Å². The van der Waals surface area contributed by atoms with Gasteiger partial charge in [-0.3, -0.25) is 14.4 Å². The monoisotopic (exact) mass is 498 g/mol. The summed E-state index contributed by atoms with van der Waals surface area (Å²) in [4.78, 5) is 41.5. The summed E-state index contributed by atoms with van der Waals surface area (Å²) in [5.41, 5.74) is 2.09. The van der Waals surface area contributed by atoms with E-state index in [0.29, 0.717) is 17.3 Å². The molecule has 2 aromatic rings. The highest BCUT2D eigenvalue weighted by molar-refractivity contribution is 6.23. The third kappa shape index (κ3) is 3.36. The van der Waals surface area contributed by atoms with Crippen molar-refractivity contribution < 1.29 is 32.3 Å². The average molecular weight is 498 g/mol. The summed E-state index contributed by atoms with van der Waals surface area (Å²) < 4.78 is 46.9. The number of nitrogens with zero attached hydrogens (tertiary/aromatic N) is 3. The van der Waals surface area contributed by atoms with Gasteiger partial charge in [0.15, 0.2) is 0 Å². The fraction of sp³-hybridized carbons (Fsp3) is 0.360. The van der Waals surface area contributed by atoms with Gasteiger partial charge in [-0.25, -0.2) is 4.90 Å². The zero-order valence-corrected chi connectivity index (χ0v) is 19.3. The predicted molar refractivity (Wildman–Crippen MR) is 121 cm³/mol. The van der Waals surface area contributed by atoms with Crippen LogP contribution in [0.15, 0.2) is 42.5 Å². The van der Waals surface area contributed by atoms with E-state index in [1.165, 1.54) is 12.1 Å². The highest BCUT2D eigenvalue weighted by atomic mass is 19.4. The number of imide groups is 1. The van der Waals surface area contributed by atoms with Crippen molar-refractivity contribution >= 4 is 29.1 Å². The van der Waals surface area contributed by atoms with Crippen LogP contribution in [-0.2, 0) is 20.5 Å². The topological polar surface area (TPSA) is 117 Å². The number of ether oxygens (including phenoxy) is 1. The first-order chi connectivity index (χ1) is 16.8. The average Bonchev–Trinajstić information content (AvgIpc) is 3.18. The number of morpholine rings is 1. The van der Waals surface area contributed by atoms with Crippen molar-refractivity contribution in [1.29, 1.82) is 5.26 Å². The Labute approximate surface area is 204 Å². The molecule has 0 spiro atoms. The Morgan fingerprint density at radius 1 is 1.06 bits per heavy atom. The number of nitrogens with two attached hydrogens (primary N) is 1. The summed E-state index contributed by atoms with van der Waals surface area (Å²) >= 11 is 0. The van der Waals surface area contributed by atoms with Crippen molar-refractivity contribution in [1.82, 2.24) is 0 Å². The number of primary amides is 1. The summed E-state index contributed by atoms with van der Waals surface area (Å²) in [7, 11) is 0. The highest BCUT2D eigenvalue weighted by Gasteiger charge is 2.71. The summed E-state index contributed by atoms with van der Waals surface area (Å²) in [6.07, 6.45) is -4.83. The molecule has 8 nitrogen and oxygen atoms in total. The summed E-state index contributed by atoms with van der Waals surface area (Å²) in [5.74, 6) is -3.75. The number of amides is 3. The number of benzene rings is 2. The number of anilines is 2. The van der Waals surface area contributed by atoms with Crippen LogP contribution in [0.2, 0.25) is 0 Å². The van der Waals surface area contributed by atoms with Gasteiger partial charge in [-0.15, -0.1) is 0 Å². The maximum Gasteiger partial charge on any atom is 0.417 e. The summed E-state index contributed by atoms with van der Waals surface area (Å²) in [5, 5.41) is 9.07. The molecule has 3 aliphatic rings. The number of rotatable bonds is 3. The van der Waals surface area contributed by atoms with Crippen molar-refractivity contribution in [2.45, 2.75) is 31.2 Å². The maximum absolute atomic E-state index is 13.6. The SMILES string of the molecule is CC12CN(c3cccc(C(N)=O)c3)CC(C)(O1)C1C(=O)N(c3ccc(C#N)c(C(F)(F)F)c3)C(=O)C12. The van der Waals surface area contributed by atoms with Gasteiger partial charge in [0.2, 0.25) is 17.7 Å². The van der Waals surface area contributed by atoms with E-state index in [2.05, 4.69) is 0 Å². The number of fused-ring (bicyclic) bond motifs is 5. The fourth-order valence-corrected chi connectivity index (χ4v) is 5.93. The molecule has 0 aliphatic carbocycles. The molecule has 5 rings (SSSR count). The fourth-order valence-electron chi connectivity index (χ4n) is 5.93. The zero-order valence-electron chi connectivity index (χ0n) is 19.3. The summed E-state index contributed by atoms with van der Waals surface area (Å²) in [6.45, 7) is 3.82. The Morgan fingerprint density at radius 3 is 2.19 bits per heavy atom. The normalized spacial score (nSPS) is 29.3. The second-order valence-electron chi connectivity index (χ2n) is 9.80. The number of halogens is 3. The lowest BCUT2D eigenvalue weighted by molar-refractivity contribution is -0.142. The predicted octanol–water partition coefficient (Wildman–Crippen LogP) is 2.85. The molecule has 2 aromatic carbocycles. The molecule has 186 valence electrons. The van der Waals surface area contributed by atoms with Gasteiger partial charge < -0.3 is 15.4 Å². The largest absolute Gasteiger partial charge is 0.417 e. The van der Waals surface area contributed by atoms with Crippen molar-refractivity contribution in [2.24, 2.45) is 17.6 Å². The lowest BCUT2D eigenvalue weighted by Gasteiger charge is -2.46. The van der Waals surface area contributed by atoms with Crippen LogP contribution in [0.4, 0.5) is 24.5 Å². The minimum Gasteiger partial charge on any atom is -0.366 e. The van der Waals surface area contributed by atoms with E-state index in [1.807, 2.05) is 4.90 Å². The van der Waals surface area contributed by atoms with Gasteiger partial charge in [0.05, 0.1) is 45.9 Å². The minimum atomic E-state index is -4.83. The number of alkyl halides is 3. The molecule has 2 bridgehead atoms. The van der Waals surface area contributed by atoms with E-state index in [1.54, 1.807) is 38.1 Å². The molecule has 0 saturated carbocycles. The second kappa shape index (κ2) is 7.54. The van der Waals surface area contributed by atoms with E-state index in [9.17, 15) is 27.6 Å². The standard InChI is InChI=1S/C25H21F3N4O4/c1-23-11-31(15-5-3-4-13(8-15)20(30)33)12-24(2,36-23)19-18(23)21(34)32(22(19)35)16-7-6-14(10-29)17(9-16)25(26,27)28/h3-9,18-19H,11-12H2,1-2H3,(H2,30,33). The van der Waals surface area contributed by atoms with Crippen molar-refractivity contribution in [3.05, 3.63) is 59.2 Å². The maximum atomic E-state index is 13.6. The molecular formula is C25H21F3N4O4. The van der Waals surface area contributed by atoms with E-state index >= 15 is 0 Å². The Hall–Kier alpha value is -3.91. The van der Waals surface area contributed by atoms with Crippen LogP contribution in [0, 0.1) is 23.2 Å². The first-order valence-electron chi connectivity index (χ1n) is 11.1. The van der Waals surface area contributed by atoms with Crippen molar-refractivity contribution in [3.63, 3.8) is 0 Å². The van der Waals surface area contributed by atoms with E-state index < -0.39 is 58.1 Å². The zero-order chi connectivity index (χ0) is 26.2. The molecule has 3 heterocycles. The smallest absolute Gasteiger partial charge is 0.366 e. The quantitative estimate of drug-likeness (QED) is 0.651. The Kier molecular flexibility index (Phi) is 4.99. The van der Waals surface area contributed by atoms with Gasteiger partial charge in [0.1, 0.15) is 0 Å². The van der Waals surface area contributed by atoms with Crippen molar-refractivity contribution in [3.8, 4) is 6.07 Å². The lowest BCUT2D eigenvalue weighted by atomic mass is 9.79. The molecular weight excluding hydrogens is 477 g/mol. The molecule has 2 N–H and O–H groups in total. The van der Waals surface area contributed by atoms with Gasteiger partial charge in [-0.2, -0.15) is 18.4 Å². The summed E-state index contributed by atoms with van der Waals surface area (Å²) in [6, 6.07) is 11.0. The van der Waals surface area contributed by atoms with E-state index in [-0.39, 0.29) is 18.8 Å². The highest BCUT2D eigenvalue weighted by Crippen LogP contribution is 2.56. The van der Waals surface area contributed by atoms with Crippen LogP contribution in [0.1, 0.15) is 35.3 Å². The Morgan fingerprint density at radius 2 is 1.67 bits per heavy atom. The van der Waals surface area contributed by atoms with Gasteiger partial charge in [-0.05, 0) is 50.2 Å². The molecule has 4 atom stereocenters. The van der Waals surface area contributed by atoms with Gasteiger partial charge >= 0.3 is 6.18 Å². The third-order valence-corrected chi connectivity index (χ3v) is 7.28. The molecule has 0 aromatic heterocycles. The molecule has 11 heteroatoms. The first kappa shape index (κ1) is 23.8. The Bertz CT molecular complexity index is 1330. The molecule has 0 radical (unpaired) electrons.